The molecule has 4 nitrogen and oxygen atoms in total. The van der Waals surface area contributed by atoms with Crippen LogP contribution in [-0.4, -0.2) is 18.2 Å². The Kier molecular flexibility index (Phi) is 3.28. The third-order valence-electron chi connectivity index (χ3n) is 2.46. The summed E-state index contributed by atoms with van der Waals surface area (Å²) in [5.41, 5.74) is -1.47. The molecule has 0 aliphatic heterocycles. The van der Waals surface area contributed by atoms with Crippen molar-refractivity contribution in [3.05, 3.63) is 41.7 Å². The second-order valence-corrected chi connectivity index (χ2v) is 3.61. The van der Waals surface area contributed by atoms with Crippen molar-refractivity contribution < 1.29 is 27.2 Å². The molecule has 0 amide bonds. The largest absolute Gasteiger partial charge is 0.465 e. The highest BCUT2D eigenvalue weighted by atomic mass is 19.4. The predicted octanol–water partition coefficient (Wildman–Crippen LogP) is 3.15. The number of alkyl halides is 3. The predicted molar refractivity (Wildman–Crippen MR) is 58.3 cm³/mol. The number of benzene rings is 1. The molecule has 0 aliphatic rings. The zero-order chi connectivity index (χ0) is 14.0. The number of esters is 1. The van der Waals surface area contributed by atoms with Gasteiger partial charge in [-0.2, -0.15) is 13.2 Å². The van der Waals surface area contributed by atoms with E-state index in [9.17, 15) is 18.0 Å². The quantitative estimate of drug-likeness (QED) is 0.787. The number of hydrogen-bond donors (Lipinski definition) is 0. The lowest BCUT2D eigenvalue weighted by atomic mass is 10.0. The van der Waals surface area contributed by atoms with E-state index in [1.807, 2.05) is 0 Å². The molecule has 2 rings (SSSR count). The monoisotopic (exact) mass is 271 g/mol. The number of ether oxygens (including phenoxy) is 1. The van der Waals surface area contributed by atoms with E-state index in [1.165, 1.54) is 18.2 Å². The first-order valence-electron chi connectivity index (χ1n) is 5.14. The average Bonchev–Trinajstić information content (AvgIpc) is 2.86. The molecule has 1 aromatic carbocycles. The third kappa shape index (κ3) is 2.44. The van der Waals surface area contributed by atoms with Crippen LogP contribution in [0.5, 0.6) is 0 Å². The lowest BCUT2D eigenvalue weighted by Crippen LogP contribution is -2.09. The van der Waals surface area contributed by atoms with Crippen LogP contribution >= 0.6 is 0 Å². The van der Waals surface area contributed by atoms with Crippen molar-refractivity contribution in [2.75, 3.05) is 7.11 Å². The first-order valence-corrected chi connectivity index (χ1v) is 5.14. The summed E-state index contributed by atoms with van der Waals surface area (Å²) in [6.45, 7) is 0. The summed E-state index contributed by atoms with van der Waals surface area (Å²) in [6.07, 6.45) is -3.60. The van der Waals surface area contributed by atoms with E-state index in [4.69, 9.17) is 0 Å². The Bertz CT molecular complexity index is 604. The molecule has 0 fully saturated rings. The van der Waals surface area contributed by atoms with E-state index in [1.54, 1.807) is 0 Å². The van der Waals surface area contributed by atoms with Crippen LogP contribution in [0.3, 0.4) is 0 Å². The fraction of sp³-hybridized carbons (Fsp3) is 0.167. The summed E-state index contributed by atoms with van der Waals surface area (Å²) >= 11 is 0. The van der Waals surface area contributed by atoms with Crippen molar-refractivity contribution in [2.24, 2.45) is 0 Å². The molecule has 100 valence electrons. The lowest BCUT2D eigenvalue weighted by molar-refractivity contribution is -0.137. The van der Waals surface area contributed by atoms with E-state index in [-0.39, 0.29) is 16.8 Å². The normalized spacial score (nSPS) is 11.4. The van der Waals surface area contributed by atoms with Gasteiger partial charge in [0.2, 0.25) is 0 Å². The fourth-order valence-electron chi connectivity index (χ4n) is 1.62. The maximum Gasteiger partial charge on any atom is 0.417 e. The molecule has 0 saturated carbocycles. The summed E-state index contributed by atoms with van der Waals surface area (Å²) in [7, 11) is 1.12. The van der Waals surface area contributed by atoms with Gasteiger partial charge in [-0.15, -0.1) is 0 Å². The molecule has 19 heavy (non-hydrogen) atoms. The van der Waals surface area contributed by atoms with E-state index < -0.39 is 17.7 Å². The molecule has 1 heterocycles. The standard InChI is InChI=1S/C12H8F3NO3/c1-18-11(17)8-6-19-16-10(8)7-4-2-3-5-9(7)12(13,14)15/h2-6H,1H3. The minimum absolute atomic E-state index is 0.154. The molecular weight excluding hydrogens is 263 g/mol. The molecule has 0 bridgehead atoms. The number of nitrogens with zero attached hydrogens (tertiary/aromatic N) is 1. The van der Waals surface area contributed by atoms with Crippen molar-refractivity contribution in [3.8, 4) is 11.3 Å². The highest BCUT2D eigenvalue weighted by Crippen LogP contribution is 2.37. The maximum absolute atomic E-state index is 12.9. The number of aromatic nitrogens is 1. The van der Waals surface area contributed by atoms with Gasteiger partial charge in [0, 0.05) is 5.56 Å². The second-order valence-electron chi connectivity index (χ2n) is 3.61. The van der Waals surface area contributed by atoms with Crippen LogP contribution in [0.25, 0.3) is 11.3 Å². The van der Waals surface area contributed by atoms with Gasteiger partial charge in [-0.3, -0.25) is 0 Å². The van der Waals surface area contributed by atoms with Crippen molar-refractivity contribution in [1.29, 1.82) is 0 Å². The minimum atomic E-state index is -4.55. The van der Waals surface area contributed by atoms with Gasteiger partial charge >= 0.3 is 12.1 Å². The van der Waals surface area contributed by atoms with Crippen LogP contribution in [0.2, 0.25) is 0 Å². The summed E-state index contributed by atoms with van der Waals surface area (Å²) < 4.78 is 47.7. The van der Waals surface area contributed by atoms with Gasteiger partial charge in [0.1, 0.15) is 17.5 Å². The van der Waals surface area contributed by atoms with Crippen molar-refractivity contribution >= 4 is 5.97 Å². The van der Waals surface area contributed by atoms with Gasteiger partial charge in [0.25, 0.3) is 0 Å². The molecule has 0 radical (unpaired) electrons. The Morgan fingerprint density at radius 2 is 2.00 bits per heavy atom. The Morgan fingerprint density at radius 3 is 2.63 bits per heavy atom. The van der Waals surface area contributed by atoms with Crippen LogP contribution < -0.4 is 0 Å². The molecule has 0 atom stereocenters. The van der Waals surface area contributed by atoms with Crippen LogP contribution in [0.15, 0.2) is 35.1 Å². The Hall–Kier alpha value is -2.31. The Morgan fingerprint density at radius 1 is 1.32 bits per heavy atom. The van der Waals surface area contributed by atoms with E-state index in [0.29, 0.717) is 0 Å². The molecule has 0 aliphatic carbocycles. The third-order valence-corrected chi connectivity index (χ3v) is 2.46. The number of carbonyl (C=O) groups is 1. The van der Waals surface area contributed by atoms with Crippen molar-refractivity contribution in [2.45, 2.75) is 6.18 Å². The van der Waals surface area contributed by atoms with E-state index in [2.05, 4.69) is 14.4 Å². The van der Waals surface area contributed by atoms with Crippen LogP contribution in [-0.2, 0) is 10.9 Å². The SMILES string of the molecule is COC(=O)c1conc1-c1ccccc1C(F)(F)F. The number of halogens is 3. The first-order chi connectivity index (χ1) is 8.95. The number of hydrogen-bond acceptors (Lipinski definition) is 4. The first kappa shape index (κ1) is 13.1. The Balaban J connectivity index is 2.61. The molecule has 1 aromatic heterocycles. The van der Waals surface area contributed by atoms with Gasteiger partial charge in [0.05, 0.1) is 12.7 Å². The maximum atomic E-state index is 12.9. The van der Waals surface area contributed by atoms with Crippen molar-refractivity contribution in [1.82, 2.24) is 5.16 Å². The Labute approximate surface area is 105 Å². The second kappa shape index (κ2) is 4.75. The molecule has 0 spiro atoms. The highest BCUT2D eigenvalue weighted by molar-refractivity contribution is 5.96. The fourth-order valence-corrected chi connectivity index (χ4v) is 1.62. The average molecular weight is 271 g/mol. The number of methoxy groups -OCH3 is 1. The highest BCUT2D eigenvalue weighted by Gasteiger charge is 2.35. The topological polar surface area (TPSA) is 52.3 Å². The van der Waals surface area contributed by atoms with E-state index >= 15 is 0 Å². The van der Waals surface area contributed by atoms with Crippen molar-refractivity contribution in [3.63, 3.8) is 0 Å². The van der Waals surface area contributed by atoms with Gasteiger partial charge in [-0.05, 0) is 6.07 Å². The molecule has 0 N–H and O–H groups in total. The smallest absolute Gasteiger partial charge is 0.417 e. The van der Waals surface area contributed by atoms with Gasteiger partial charge < -0.3 is 9.26 Å². The molecule has 0 unspecified atom stereocenters. The molecule has 2 aromatic rings. The van der Waals surface area contributed by atoms with E-state index in [0.717, 1.165) is 19.4 Å². The van der Waals surface area contributed by atoms with Crippen LogP contribution in [0.4, 0.5) is 13.2 Å². The van der Waals surface area contributed by atoms with Gasteiger partial charge in [-0.1, -0.05) is 23.4 Å². The lowest BCUT2D eigenvalue weighted by Gasteiger charge is -2.11. The van der Waals surface area contributed by atoms with Crippen LogP contribution in [0, 0.1) is 0 Å². The number of rotatable bonds is 2. The summed E-state index contributed by atoms with van der Waals surface area (Å²) in [5, 5.41) is 3.45. The molecule has 0 saturated heterocycles. The molecular formula is C12H8F3NO3. The molecule has 7 heteroatoms. The van der Waals surface area contributed by atoms with Crippen LogP contribution in [0.1, 0.15) is 15.9 Å². The zero-order valence-corrected chi connectivity index (χ0v) is 9.69. The summed E-state index contributed by atoms with van der Waals surface area (Å²) in [6, 6.07) is 4.79. The van der Waals surface area contributed by atoms with Gasteiger partial charge in [0.15, 0.2) is 0 Å². The summed E-state index contributed by atoms with van der Waals surface area (Å²) in [5.74, 6) is -0.812. The van der Waals surface area contributed by atoms with Gasteiger partial charge in [-0.25, -0.2) is 4.79 Å². The number of carbonyl (C=O) groups excluding carboxylic acids is 1. The summed E-state index contributed by atoms with van der Waals surface area (Å²) in [4.78, 5) is 11.4. The minimum Gasteiger partial charge on any atom is -0.465 e. The zero-order valence-electron chi connectivity index (χ0n) is 9.69.